The fourth-order valence-electron chi connectivity index (χ4n) is 2.44. The third-order valence-corrected chi connectivity index (χ3v) is 3.42. The van der Waals surface area contributed by atoms with Crippen LogP contribution in [0.25, 0.3) is 10.8 Å². The standard InChI is InChI=1S/C18H18N4O3/c1-18(2,3)21-16-15(22(23)24)17(20-11-19-16)25-14-10-6-8-12-7-4-5-9-13(12)14/h4-11H,1-3H3,(H,19,20,21). The summed E-state index contributed by atoms with van der Waals surface area (Å²) in [4.78, 5) is 19.0. The van der Waals surface area contributed by atoms with Gasteiger partial charge in [0.25, 0.3) is 0 Å². The first-order chi connectivity index (χ1) is 11.8. The monoisotopic (exact) mass is 338 g/mol. The van der Waals surface area contributed by atoms with Crippen molar-refractivity contribution >= 4 is 22.3 Å². The molecule has 0 bridgehead atoms. The summed E-state index contributed by atoms with van der Waals surface area (Å²) in [5, 5.41) is 16.4. The van der Waals surface area contributed by atoms with Crippen molar-refractivity contribution in [2.24, 2.45) is 0 Å². The van der Waals surface area contributed by atoms with Gasteiger partial charge in [0.2, 0.25) is 5.82 Å². The molecule has 1 N–H and O–H groups in total. The number of hydrogen-bond acceptors (Lipinski definition) is 6. The van der Waals surface area contributed by atoms with Crippen LogP contribution in [-0.2, 0) is 0 Å². The first-order valence-electron chi connectivity index (χ1n) is 7.78. The van der Waals surface area contributed by atoms with Crippen LogP contribution in [0.4, 0.5) is 11.5 Å². The normalized spacial score (nSPS) is 11.3. The lowest BCUT2D eigenvalue weighted by Gasteiger charge is -2.21. The molecule has 0 radical (unpaired) electrons. The van der Waals surface area contributed by atoms with Gasteiger partial charge in [0.05, 0.1) is 4.92 Å². The zero-order valence-electron chi connectivity index (χ0n) is 14.2. The summed E-state index contributed by atoms with van der Waals surface area (Å²) in [7, 11) is 0. The smallest absolute Gasteiger partial charge is 0.373 e. The van der Waals surface area contributed by atoms with Crippen LogP contribution >= 0.6 is 0 Å². The molecule has 0 aliphatic rings. The molecule has 0 spiro atoms. The Kier molecular flexibility index (Phi) is 4.22. The van der Waals surface area contributed by atoms with Gasteiger partial charge in [0, 0.05) is 10.9 Å². The van der Waals surface area contributed by atoms with Crippen LogP contribution in [0.2, 0.25) is 0 Å². The van der Waals surface area contributed by atoms with E-state index < -0.39 is 10.5 Å². The van der Waals surface area contributed by atoms with E-state index in [0.717, 1.165) is 10.8 Å². The Morgan fingerprint density at radius 3 is 2.52 bits per heavy atom. The molecule has 0 aliphatic heterocycles. The highest BCUT2D eigenvalue weighted by Gasteiger charge is 2.27. The molecule has 0 atom stereocenters. The quantitative estimate of drug-likeness (QED) is 0.555. The number of aromatic nitrogens is 2. The van der Waals surface area contributed by atoms with Gasteiger partial charge in [-0.15, -0.1) is 0 Å². The third-order valence-electron chi connectivity index (χ3n) is 3.42. The van der Waals surface area contributed by atoms with Crippen molar-refractivity contribution in [3.63, 3.8) is 0 Å². The van der Waals surface area contributed by atoms with Crippen molar-refractivity contribution in [2.75, 3.05) is 5.32 Å². The van der Waals surface area contributed by atoms with Crippen LogP contribution < -0.4 is 10.1 Å². The summed E-state index contributed by atoms with van der Waals surface area (Å²) in [6, 6.07) is 13.2. The molecule has 0 fully saturated rings. The third kappa shape index (κ3) is 3.65. The predicted octanol–water partition coefficient (Wildman–Crippen LogP) is 4.54. The molecule has 0 saturated carbocycles. The fourth-order valence-corrected chi connectivity index (χ4v) is 2.44. The van der Waals surface area contributed by atoms with E-state index in [9.17, 15) is 10.1 Å². The Morgan fingerprint density at radius 1 is 1.08 bits per heavy atom. The van der Waals surface area contributed by atoms with Gasteiger partial charge < -0.3 is 10.1 Å². The molecule has 0 amide bonds. The van der Waals surface area contributed by atoms with E-state index in [0.29, 0.717) is 5.75 Å². The van der Waals surface area contributed by atoms with Crippen LogP contribution in [0.1, 0.15) is 20.8 Å². The van der Waals surface area contributed by atoms with E-state index >= 15 is 0 Å². The molecule has 3 rings (SSSR count). The van der Waals surface area contributed by atoms with Crippen LogP contribution in [0.3, 0.4) is 0 Å². The average Bonchev–Trinajstić information content (AvgIpc) is 2.53. The van der Waals surface area contributed by atoms with Gasteiger partial charge in [-0.05, 0) is 32.2 Å². The van der Waals surface area contributed by atoms with Crippen molar-refractivity contribution < 1.29 is 9.66 Å². The molecular weight excluding hydrogens is 320 g/mol. The maximum absolute atomic E-state index is 11.6. The van der Waals surface area contributed by atoms with Crippen LogP contribution in [-0.4, -0.2) is 20.4 Å². The van der Waals surface area contributed by atoms with Gasteiger partial charge in [0.15, 0.2) is 0 Å². The summed E-state index contributed by atoms with van der Waals surface area (Å²) in [6.07, 6.45) is 1.25. The topological polar surface area (TPSA) is 90.2 Å². The van der Waals surface area contributed by atoms with Crippen LogP contribution in [0, 0.1) is 10.1 Å². The second-order valence-corrected chi connectivity index (χ2v) is 6.59. The second-order valence-electron chi connectivity index (χ2n) is 6.59. The molecule has 0 saturated heterocycles. The summed E-state index contributed by atoms with van der Waals surface area (Å²) in [6.45, 7) is 5.68. The molecule has 7 nitrogen and oxygen atoms in total. The average molecular weight is 338 g/mol. The maximum atomic E-state index is 11.6. The summed E-state index contributed by atoms with van der Waals surface area (Å²) >= 11 is 0. The summed E-state index contributed by atoms with van der Waals surface area (Å²) in [5.74, 6) is 0.535. The number of fused-ring (bicyclic) bond motifs is 1. The molecule has 0 aliphatic carbocycles. The Morgan fingerprint density at radius 2 is 1.80 bits per heavy atom. The van der Waals surface area contributed by atoms with E-state index in [1.165, 1.54) is 6.33 Å². The molecular formula is C18H18N4O3. The van der Waals surface area contributed by atoms with Crippen molar-refractivity contribution in [1.82, 2.24) is 9.97 Å². The van der Waals surface area contributed by atoms with Gasteiger partial charge in [-0.25, -0.2) is 4.98 Å². The zero-order valence-corrected chi connectivity index (χ0v) is 14.2. The highest BCUT2D eigenvalue weighted by atomic mass is 16.6. The minimum absolute atomic E-state index is 0.0943. The van der Waals surface area contributed by atoms with Gasteiger partial charge in [-0.3, -0.25) is 10.1 Å². The maximum Gasteiger partial charge on any atom is 0.373 e. The number of rotatable bonds is 4. The lowest BCUT2D eigenvalue weighted by molar-refractivity contribution is -0.385. The lowest BCUT2D eigenvalue weighted by atomic mass is 10.1. The summed E-state index contributed by atoms with van der Waals surface area (Å²) < 4.78 is 5.81. The highest BCUT2D eigenvalue weighted by molar-refractivity contribution is 5.88. The molecule has 1 heterocycles. The van der Waals surface area contributed by atoms with Gasteiger partial charge in [-0.2, -0.15) is 4.98 Å². The second kappa shape index (κ2) is 6.35. The van der Waals surface area contributed by atoms with E-state index in [-0.39, 0.29) is 17.4 Å². The minimum Gasteiger partial charge on any atom is -0.433 e. The number of benzene rings is 2. The largest absolute Gasteiger partial charge is 0.433 e. The fraction of sp³-hybridized carbons (Fsp3) is 0.222. The van der Waals surface area contributed by atoms with Crippen molar-refractivity contribution in [3.8, 4) is 11.6 Å². The zero-order chi connectivity index (χ0) is 18.0. The molecule has 128 valence electrons. The van der Waals surface area contributed by atoms with E-state index in [4.69, 9.17) is 4.74 Å². The van der Waals surface area contributed by atoms with Crippen LogP contribution in [0.15, 0.2) is 48.8 Å². The Balaban J connectivity index is 2.08. The number of nitrogens with zero attached hydrogens (tertiary/aromatic N) is 3. The minimum atomic E-state index is -0.533. The SMILES string of the molecule is CC(C)(C)Nc1ncnc(Oc2cccc3ccccc23)c1[N+](=O)[O-]. The Labute approximate surface area is 144 Å². The highest BCUT2D eigenvalue weighted by Crippen LogP contribution is 2.37. The number of ether oxygens (including phenoxy) is 1. The number of nitrogens with one attached hydrogen (secondary N) is 1. The predicted molar refractivity (Wildman–Crippen MR) is 96.1 cm³/mol. The van der Waals surface area contributed by atoms with E-state index in [1.807, 2.05) is 57.2 Å². The number of hydrogen-bond donors (Lipinski definition) is 1. The molecule has 1 aromatic heterocycles. The number of anilines is 1. The van der Waals surface area contributed by atoms with Gasteiger partial charge >= 0.3 is 11.6 Å². The van der Waals surface area contributed by atoms with Crippen LogP contribution in [0.5, 0.6) is 11.6 Å². The van der Waals surface area contributed by atoms with Crippen molar-refractivity contribution in [1.29, 1.82) is 0 Å². The lowest BCUT2D eigenvalue weighted by Crippen LogP contribution is -2.27. The van der Waals surface area contributed by atoms with Crippen molar-refractivity contribution in [2.45, 2.75) is 26.3 Å². The molecule has 3 aromatic rings. The van der Waals surface area contributed by atoms with Gasteiger partial charge in [-0.1, -0.05) is 36.4 Å². The van der Waals surface area contributed by atoms with E-state index in [1.54, 1.807) is 6.07 Å². The molecule has 7 heteroatoms. The van der Waals surface area contributed by atoms with Gasteiger partial charge in [0.1, 0.15) is 12.1 Å². The Bertz CT molecular complexity index is 930. The molecule has 25 heavy (non-hydrogen) atoms. The summed E-state index contributed by atoms with van der Waals surface area (Å²) in [5.41, 5.74) is -0.680. The first-order valence-corrected chi connectivity index (χ1v) is 7.78. The van der Waals surface area contributed by atoms with E-state index in [2.05, 4.69) is 15.3 Å². The first kappa shape index (κ1) is 16.6. The van der Waals surface area contributed by atoms with Crippen molar-refractivity contribution in [3.05, 3.63) is 58.9 Å². The Hall–Kier alpha value is -3.22. The molecule has 0 unspecified atom stereocenters. The number of nitro groups is 1. The molecule has 2 aromatic carbocycles.